The monoisotopic (exact) mass is 362 g/mol. The first-order chi connectivity index (χ1) is 13.8. The summed E-state index contributed by atoms with van der Waals surface area (Å²) in [6, 6.07) is 27.4. The van der Waals surface area contributed by atoms with Gasteiger partial charge < -0.3 is 8.83 Å². The molecule has 2 aromatic heterocycles. The van der Waals surface area contributed by atoms with E-state index in [0.29, 0.717) is 0 Å². The van der Waals surface area contributed by atoms with E-state index in [1.807, 2.05) is 24.3 Å². The van der Waals surface area contributed by atoms with E-state index in [0.717, 1.165) is 28.8 Å². The van der Waals surface area contributed by atoms with Crippen molar-refractivity contribution in [3.63, 3.8) is 0 Å². The number of rotatable bonds is 2. The summed E-state index contributed by atoms with van der Waals surface area (Å²) in [5, 5.41) is 4.71. The molecule has 2 heteroatoms. The lowest BCUT2D eigenvalue weighted by atomic mass is 9.97. The van der Waals surface area contributed by atoms with Crippen molar-refractivity contribution in [2.45, 2.75) is 13.3 Å². The van der Waals surface area contributed by atoms with E-state index >= 15 is 0 Å². The van der Waals surface area contributed by atoms with Crippen LogP contribution in [0.15, 0.2) is 87.7 Å². The summed E-state index contributed by atoms with van der Waals surface area (Å²) in [6.07, 6.45) is 0.869. The van der Waals surface area contributed by atoms with Gasteiger partial charge in [0, 0.05) is 21.5 Å². The summed E-state index contributed by atoms with van der Waals surface area (Å²) in [5.74, 6) is 0. The second kappa shape index (κ2) is 5.74. The van der Waals surface area contributed by atoms with Crippen LogP contribution in [0.1, 0.15) is 16.7 Å². The lowest BCUT2D eigenvalue weighted by molar-refractivity contribution is 0.665. The van der Waals surface area contributed by atoms with Gasteiger partial charge in [0.05, 0.1) is 0 Å². The molecule has 0 unspecified atom stereocenters. The largest absolute Gasteiger partial charge is 0.456 e. The second-order valence-corrected chi connectivity index (χ2v) is 7.43. The lowest BCUT2D eigenvalue weighted by Gasteiger charge is -2.07. The van der Waals surface area contributed by atoms with Crippen LogP contribution in [0.4, 0.5) is 0 Å². The van der Waals surface area contributed by atoms with Crippen LogP contribution in [-0.2, 0) is 6.42 Å². The molecule has 0 atom stereocenters. The average molecular weight is 362 g/mol. The minimum Gasteiger partial charge on any atom is -0.456 e. The molecule has 6 rings (SSSR count). The van der Waals surface area contributed by atoms with Gasteiger partial charge in [-0.3, -0.25) is 0 Å². The van der Waals surface area contributed by atoms with Crippen LogP contribution in [-0.4, -0.2) is 0 Å². The highest BCUT2D eigenvalue weighted by molar-refractivity contribution is 6.06. The Balaban J connectivity index is 1.48. The van der Waals surface area contributed by atoms with Crippen molar-refractivity contribution in [1.29, 1.82) is 0 Å². The van der Waals surface area contributed by atoms with Crippen molar-refractivity contribution >= 4 is 43.9 Å². The second-order valence-electron chi connectivity index (χ2n) is 7.43. The first-order valence-electron chi connectivity index (χ1n) is 9.58. The highest BCUT2D eigenvalue weighted by atomic mass is 16.3. The Bertz CT molecular complexity index is 1500. The molecule has 28 heavy (non-hydrogen) atoms. The van der Waals surface area contributed by atoms with Crippen LogP contribution in [0.2, 0.25) is 0 Å². The molecular formula is C26H18O2. The number of fused-ring (bicyclic) bond motifs is 6. The van der Waals surface area contributed by atoms with E-state index in [-0.39, 0.29) is 0 Å². The van der Waals surface area contributed by atoms with E-state index in [4.69, 9.17) is 8.83 Å². The standard InChI is InChI=1S/C26H18O2/c1-16-18(11-12-21-19-6-2-5-9-24(19)28-26(16)21)14-17-10-13-25-22(15-17)20-7-3-4-8-23(20)27-25/h2-13,15H,14H2,1H3. The molecule has 0 radical (unpaired) electrons. The molecule has 6 aromatic rings. The van der Waals surface area contributed by atoms with Gasteiger partial charge in [0.2, 0.25) is 0 Å². The van der Waals surface area contributed by atoms with Crippen molar-refractivity contribution in [3.8, 4) is 0 Å². The number of hydrogen-bond acceptors (Lipinski definition) is 2. The molecule has 134 valence electrons. The fraction of sp³-hybridized carbons (Fsp3) is 0.0769. The molecule has 0 aliphatic rings. The summed E-state index contributed by atoms with van der Waals surface area (Å²) in [4.78, 5) is 0. The molecule has 0 aliphatic carbocycles. The molecular weight excluding hydrogens is 344 g/mol. The minimum atomic E-state index is 0.869. The molecule has 0 aliphatic heterocycles. The number of furan rings is 2. The molecule has 0 saturated heterocycles. The predicted molar refractivity (Wildman–Crippen MR) is 115 cm³/mol. The highest BCUT2D eigenvalue weighted by Gasteiger charge is 2.13. The molecule has 0 bridgehead atoms. The third kappa shape index (κ3) is 2.21. The average Bonchev–Trinajstić information content (AvgIpc) is 3.29. The number of para-hydroxylation sites is 2. The Morgan fingerprint density at radius 1 is 0.607 bits per heavy atom. The zero-order chi connectivity index (χ0) is 18.7. The maximum absolute atomic E-state index is 6.16. The fourth-order valence-electron chi connectivity index (χ4n) is 4.26. The van der Waals surface area contributed by atoms with Gasteiger partial charge in [0.15, 0.2) is 0 Å². The van der Waals surface area contributed by atoms with Gasteiger partial charge in [0.25, 0.3) is 0 Å². The predicted octanol–water partition coefficient (Wildman–Crippen LogP) is 7.38. The summed E-state index contributed by atoms with van der Waals surface area (Å²) in [5.41, 5.74) is 7.60. The quantitative estimate of drug-likeness (QED) is 0.321. The third-order valence-corrected chi connectivity index (χ3v) is 5.74. The van der Waals surface area contributed by atoms with E-state index in [1.165, 1.54) is 38.2 Å². The normalized spacial score (nSPS) is 11.9. The number of hydrogen-bond donors (Lipinski definition) is 0. The molecule has 0 N–H and O–H groups in total. The molecule has 0 saturated carbocycles. The SMILES string of the molecule is Cc1c(Cc2ccc3oc4ccccc4c3c2)ccc2c1oc1ccccc12. The van der Waals surface area contributed by atoms with Crippen LogP contribution in [0.5, 0.6) is 0 Å². The Morgan fingerprint density at radius 2 is 1.29 bits per heavy atom. The van der Waals surface area contributed by atoms with Crippen LogP contribution < -0.4 is 0 Å². The Morgan fingerprint density at radius 3 is 2.11 bits per heavy atom. The summed E-state index contributed by atoms with van der Waals surface area (Å²) in [7, 11) is 0. The van der Waals surface area contributed by atoms with Crippen molar-refractivity contribution in [1.82, 2.24) is 0 Å². The summed E-state index contributed by atoms with van der Waals surface area (Å²) in [6.45, 7) is 2.16. The van der Waals surface area contributed by atoms with Crippen LogP contribution >= 0.6 is 0 Å². The van der Waals surface area contributed by atoms with Crippen molar-refractivity contribution in [2.75, 3.05) is 0 Å². The van der Waals surface area contributed by atoms with Crippen LogP contribution in [0.25, 0.3) is 43.9 Å². The van der Waals surface area contributed by atoms with Crippen LogP contribution in [0.3, 0.4) is 0 Å². The molecule has 0 amide bonds. The van der Waals surface area contributed by atoms with Gasteiger partial charge in [-0.15, -0.1) is 0 Å². The molecule has 2 nitrogen and oxygen atoms in total. The van der Waals surface area contributed by atoms with Crippen molar-refractivity contribution < 1.29 is 8.83 Å². The smallest absolute Gasteiger partial charge is 0.138 e. The van der Waals surface area contributed by atoms with Gasteiger partial charge >= 0.3 is 0 Å². The van der Waals surface area contributed by atoms with E-state index in [1.54, 1.807) is 0 Å². The molecule has 4 aromatic carbocycles. The number of aryl methyl sites for hydroxylation is 1. The first kappa shape index (κ1) is 15.5. The number of benzene rings is 4. The van der Waals surface area contributed by atoms with E-state index in [2.05, 4.69) is 61.5 Å². The lowest BCUT2D eigenvalue weighted by Crippen LogP contribution is -1.92. The maximum Gasteiger partial charge on any atom is 0.138 e. The summed E-state index contributed by atoms with van der Waals surface area (Å²) >= 11 is 0. The Hall–Kier alpha value is -3.52. The molecule has 0 fully saturated rings. The van der Waals surface area contributed by atoms with E-state index < -0.39 is 0 Å². The Labute approximate surface area is 162 Å². The zero-order valence-corrected chi connectivity index (χ0v) is 15.5. The topological polar surface area (TPSA) is 26.3 Å². The van der Waals surface area contributed by atoms with Gasteiger partial charge in [0.1, 0.15) is 22.3 Å². The molecule has 0 spiro atoms. The zero-order valence-electron chi connectivity index (χ0n) is 15.5. The fourth-order valence-corrected chi connectivity index (χ4v) is 4.26. The minimum absolute atomic E-state index is 0.869. The highest BCUT2D eigenvalue weighted by Crippen LogP contribution is 2.34. The van der Waals surface area contributed by atoms with Gasteiger partial charge in [-0.2, -0.15) is 0 Å². The van der Waals surface area contributed by atoms with E-state index in [9.17, 15) is 0 Å². The van der Waals surface area contributed by atoms with Crippen molar-refractivity contribution in [2.24, 2.45) is 0 Å². The Kier molecular flexibility index (Phi) is 3.18. The van der Waals surface area contributed by atoms with Crippen molar-refractivity contribution in [3.05, 3.63) is 95.6 Å². The third-order valence-electron chi connectivity index (χ3n) is 5.74. The first-order valence-corrected chi connectivity index (χ1v) is 9.58. The summed E-state index contributed by atoms with van der Waals surface area (Å²) < 4.78 is 12.1. The van der Waals surface area contributed by atoms with Gasteiger partial charge in [-0.25, -0.2) is 0 Å². The van der Waals surface area contributed by atoms with Crippen LogP contribution in [0, 0.1) is 6.92 Å². The maximum atomic E-state index is 6.16. The van der Waals surface area contributed by atoms with Gasteiger partial charge in [-0.1, -0.05) is 54.6 Å². The van der Waals surface area contributed by atoms with Gasteiger partial charge in [-0.05, 0) is 54.3 Å². The molecule has 2 heterocycles.